The Morgan fingerprint density at radius 1 is 1.26 bits per heavy atom. The maximum absolute atomic E-state index is 12.6. The summed E-state index contributed by atoms with van der Waals surface area (Å²) < 4.78 is 25.2. The Balaban J connectivity index is 2.34. The lowest BCUT2D eigenvalue weighted by Crippen LogP contribution is -2.43. The molecule has 1 amide bonds. The number of nitrogens with two attached hydrogens (primary N) is 1. The van der Waals surface area contributed by atoms with Gasteiger partial charge in [0.1, 0.15) is 0 Å². The van der Waals surface area contributed by atoms with Crippen molar-refractivity contribution in [2.45, 2.75) is 69.7 Å². The summed E-state index contributed by atoms with van der Waals surface area (Å²) in [5.41, 5.74) is 1.40. The number of amides is 1. The van der Waals surface area contributed by atoms with E-state index in [-0.39, 0.29) is 28.6 Å². The minimum atomic E-state index is -3.78. The van der Waals surface area contributed by atoms with Crippen LogP contribution in [0.25, 0.3) is 11.0 Å². The number of carbonyl (C=O) groups is 1. The minimum absolute atomic E-state index is 0.0366. The van der Waals surface area contributed by atoms with Gasteiger partial charge in [0.05, 0.1) is 21.7 Å². The van der Waals surface area contributed by atoms with Crippen molar-refractivity contribution in [1.82, 2.24) is 14.5 Å². The van der Waals surface area contributed by atoms with Crippen LogP contribution in [0.5, 0.6) is 0 Å². The summed E-state index contributed by atoms with van der Waals surface area (Å²) in [7, 11) is -3.78. The highest BCUT2D eigenvalue weighted by molar-refractivity contribution is 7.99. The molecule has 0 spiro atoms. The smallest absolute Gasteiger partial charge is 0.238 e. The molecule has 27 heavy (non-hydrogen) atoms. The molecule has 0 bridgehead atoms. The predicted molar refractivity (Wildman–Crippen MR) is 109 cm³/mol. The van der Waals surface area contributed by atoms with Gasteiger partial charge in [-0.3, -0.25) is 4.79 Å². The Kier molecular flexibility index (Phi) is 6.93. The van der Waals surface area contributed by atoms with Crippen LogP contribution in [0, 0.1) is 0 Å². The van der Waals surface area contributed by atoms with E-state index >= 15 is 0 Å². The Labute approximate surface area is 165 Å². The fourth-order valence-electron chi connectivity index (χ4n) is 3.19. The summed E-state index contributed by atoms with van der Waals surface area (Å²) >= 11 is 1.38. The van der Waals surface area contributed by atoms with Gasteiger partial charge < -0.3 is 9.47 Å². The number of benzene rings is 1. The molecule has 150 valence electrons. The molecule has 0 radical (unpaired) electrons. The third-order valence-corrected chi connectivity index (χ3v) is 6.06. The quantitative estimate of drug-likeness (QED) is 0.672. The van der Waals surface area contributed by atoms with Crippen LogP contribution in [-0.4, -0.2) is 46.6 Å². The van der Waals surface area contributed by atoms with E-state index < -0.39 is 10.0 Å². The number of hydrogen-bond acceptors (Lipinski definition) is 5. The van der Waals surface area contributed by atoms with Gasteiger partial charge in [-0.2, -0.15) is 0 Å². The van der Waals surface area contributed by atoms with Gasteiger partial charge in [0, 0.05) is 18.6 Å². The number of imidazole rings is 1. The second-order valence-corrected chi connectivity index (χ2v) is 9.52. The Hall–Kier alpha value is -1.58. The van der Waals surface area contributed by atoms with Crippen LogP contribution in [0.15, 0.2) is 28.3 Å². The first-order chi connectivity index (χ1) is 12.6. The molecule has 9 heteroatoms. The maximum atomic E-state index is 12.6. The van der Waals surface area contributed by atoms with Gasteiger partial charge in [-0.1, -0.05) is 18.7 Å². The van der Waals surface area contributed by atoms with Crippen molar-refractivity contribution < 1.29 is 13.2 Å². The fourth-order valence-corrected chi connectivity index (χ4v) is 4.63. The topological polar surface area (TPSA) is 98.3 Å². The van der Waals surface area contributed by atoms with Crippen LogP contribution in [0.1, 0.15) is 41.0 Å². The fraction of sp³-hybridized carbons (Fsp3) is 0.556. The molecule has 2 N–H and O–H groups in total. The SMILES string of the molecule is CCCn1c(SCC(=O)N(C(C)C)C(C)C)nc2cc(S(N)(=O)=O)ccc21. The zero-order valence-corrected chi connectivity index (χ0v) is 18.1. The normalized spacial score (nSPS) is 12.3. The third kappa shape index (κ3) is 5.03. The first-order valence-corrected chi connectivity index (χ1v) is 11.6. The van der Waals surface area contributed by atoms with Gasteiger partial charge in [-0.15, -0.1) is 0 Å². The molecule has 0 unspecified atom stereocenters. The van der Waals surface area contributed by atoms with E-state index in [9.17, 15) is 13.2 Å². The lowest BCUT2D eigenvalue weighted by molar-refractivity contribution is -0.131. The molecule has 0 saturated carbocycles. The number of aryl methyl sites for hydroxylation is 1. The molecule has 1 heterocycles. The third-order valence-electron chi connectivity index (χ3n) is 4.19. The second kappa shape index (κ2) is 8.62. The van der Waals surface area contributed by atoms with Gasteiger partial charge in [0.25, 0.3) is 0 Å². The molecule has 0 fully saturated rings. The summed E-state index contributed by atoms with van der Waals surface area (Å²) in [6.45, 7) is 10.8. The van der Waals surface area contributed by atoms with Crippen molar-refractivity contribution in [3.05, 3.63) is 18.2 Å². The summed E-state index contributed by atoms with van der Waals surface area (Å²) in [5.74, 6) is 0.344. The second-order valence-electron chi connectivity index (χ2n) is 7.02. The number of nitrogens with zero attached hydrogens (tertiary/aromatic N) is 3. The summed E-state index contributed by atoms with van der Waals surface area (Å²) in [6.07, 6.45) is 0.897. The van der Waals surface area contributed by atoms with E-state index in [0.717, 1.165) is 18.5 Å². The number of sulfonamides is 1. The van der Waals surface area contributed by atoms with E-state index in [2.05, 4.69) is 11.9 Å². The van der Waals surface area contributed by atoms with Crippen LogP contribution in [0.3, 0.4) is 0 Å². The zero-order valence-electron chi connectivity index (χ0n) is 16.5. The first kappa shape index (κ1) is 21.7. The van der Waals surface area contributed by atoms with Gasteiger partial charge >= 0.3 is 0 Å². The van der Waals surface area contributed by atoms with Crippen molar-refractivity contribution in [3.8, 4) is 0 Å². The van der Waals surface area contributed by atoms with Crippen molar-refractivity contribution in [1.29, 1.82) is 0 Å². The number of primary sulfonamides is 1. The molecule has 0 aliphatic rings. The Morgan fingerprint density at radius 3 is 2.41 bits per heavy atom. The van der Waals surface area contributed by atoms with Crippen molar-refractivity contribution >= 4 is 38.7 Å². The molecule has 1 aromatic heterocycles. The highest BCUT2D eigenvalue weighted by atomic mass is 32.2. The average Bonchev–Trinajstić information content (AvgIpc) is 2.89. The van der Waals surface area contributed by atoms with E-state index in [0.29, 0.717) is 10.7 Å². The maximum Gasteiger partial charge on any atom is 0.238 e. The van der Waals surface area contributed by atoms with Gasteiger partial charge in [-0.05, 0) is 52.3 Å². The molecular weight excluding hydrogens is 384 g/mol. The highest BCUT2D eigenvalue weighted by Crippen LogP contribution is 2.27. The van der Waals surface area contributed by atoms with Crippen LogP contribution in [0.4, 0.5) is 0 Å². The first-order valence-electron chi connectivity index (χ1n) is 9.03. The lowest BCUT2D eigenvalue weighted by Gasteiger charge is -2.30. The Bertz CT molecular complexity index is 912. The van der Waals surface area contributed by atoms with Crippen molar-refractivity contribution in [2.75, 3.05) is 5.75 Å². The molecule has 0 aliphatic heterocycles. The van der Waals surface area contributed by atoms with Crippen LogP contribution >= 0.6 is 11.8 Å². The predicted octanol–water partition coefficient (Wildman–Crippen LogP) is 2.83. The number of thioether (sulfide) groups is 1. The number of rotatable bonds is 8. The van der Waals surface area contributed by atoms with Crippen molar-refractivity contribution in [3.63, 3.8) is 0 Å². The van der Waals surface area contributed by atoms with Gasteiger partial charge in [-0.25, -0.2) is 18.5 Å². The number of carbonyl (C=O) groups excluding carboxylic acids is 1. The molecule has 0 aliphatic carbocycles. The van der Waals surface area contributed by atoms with E-state index in [1.807, 2.05) is 37.2 Å². The van der Waals surface area contributed by atoms with Crippen molar-refractivity contribution in [2.24, 2.45) is 5.14 Å². The Morgan fingerprint density at radius 2 is 1.89 bits per heavy atom. The molecule has 2 rings (SSSR count). The average molecular weight is 413 g/mol. The van der Waals surface area contributed by atoms with E-state index in [4.69, 9.17) is 5.14 Å². The molecule has 0 saturated heterocycles. The van der Waals surface area contributed by atoms with Crippen LogP contribution in [-0.2, 0) is 21.4 Å². The highest BCUT2D eigenvalue weighted by Gasteiger charge is 2.21. The summed E-state index contributed by atoms with van der Waals surface area (Å²) in [4.78, 5) is 19.1. The zero-order chi connectivity index (χ0) is 20.4. The largest absolute Gasteiger partial charge is 0.337 e. The molecule has 7 nitrogen and oxygen atoms in total. The molecule has 2 aromatic rings. The summed E-state index contributed by atoms with van der Waals surface area (Å²) in [6, 6.07) is 4.95. The molecule has 0 atom stereocenters. The van der Waals surface area contributed by atoms with E-state index in [1.54, 1.807) is 6.07 Å². The minimum Gasteiger partial charge on any atom is -0.337 e. The van der Waals surface area contributed by atoms with E-state index in [1.165, 1.54) is 23.9 Å². The molecule has 1 aromatic carbocycles. The van der Waals surface area contributed by atoms with Gasteiger partial charge in [0.15, 0.2) is 5.16 Å². The number of fused-ring (bicyclic) bond motifs is 1. The van der Waals surface area contributed by atoms with Crippen LogP contribution in [0.2, 0.25) is 0 Å². The van der Waals surface area contributed by atoms with Gasteiger partial charge in [0.2, 0.25) is 15.9 Å². The molecular formula is C18H28N4O3S2. The van der Waals surface area contributed by atoms with Crippen LogP contribution < -0.4 is 5.14 Å². The standard InChI is InChI=1S/C18H28N4O3S2/c1-6-9-21-16-8-7-14(27(19,24)25)10-15(16)20-18(21)26-11-17(23)22(12(2)3)13(4)5/h7-8,10,12-13H,6,9,11H2,1-5H3,(H2,19,24,25). The number of hydrogen-bond donors (Lipinski definition) is 1. The lowest BCUT2D eigenvalue weighted by atomic mass is 10.2. The monoisotopic (exact) mass is 412 g/mol. The number of aromatic nitrogens is 2. The summed E-state index contributed by atoms with van der Waals surface area (Å²) in [5, 5.41) is 5.93.